The van der Waals surface area contributed by atoms with E-state index in [2.05, 4.69) is 24.4 Å². The fourth-order valence-corrected chi connectivity index (χ4v) is 1.84. The topological polar surface area (TPSA) is 30.5 Å². The first-order valence-electron chi connectivity index (χ1n) is 6.29. The molecule has 0 bridgehead atoms. The van der Waals surface area contributed by atoms with E-state index < -0.39 is 0 Å². The number of methoxy groups -OCH3 is 2. The van der Waals surface area contributed by atoms with Crippen LogP contribution in [-0.2, 0) is 0 Å². The number of rotatable bonds is 7. The van der Waals surface area contributed by atoms with Crippen molar-refractivity contribution in [1.29, 1.82) is 0 Å². The summed E-state index contributed by atoms with van der Waals surface area (Å²) in [6.45, 7) is 5.14. The van der Waals surface area contributed by atoms with Gasteiger partial charge in [0.05, 0.1) is 14.2 Å². The zero-order valence-electron chi connectivity index (χ0n) is 11.7. The predicted octanol–water partition coefficient (Wildman–Crippen LogP) is 3.32. The fourth-order valence-electron chi connectivity index (χ4n) is 1.84. The number of ether oxygens (including phenoxy) is 2. The predicted molar refractivity (Wildman–Crippen MR) is 75.4 cm³/mol. The minimum atomic E-state index is 0.260. The quantitative estimate of drug-likeness (QED) is 0.594. The van der Waals surface area contributed by atoms with Crippen LogP contribution in [0.3, 0.4) is 0 Å². The van der Waals surface area contributed by atoms with Gasteiger partial charge >= 0.3 is 0 Å². The van der Waals surface area contributed by atoms with E-state index in [9.17, 15) is 0 Å². The van der Waals surface area contributed by atoms with Crippen molar-refractivity contribution in [2.75, 3.05) is 20.8 Å². The molecule has 0 aliphatic heterocycles. The van der Waals surface area contributed by atoms with Crippen LogP contribution in [0.1, 0.15) is 31.9 Å². The Morgan fingerprint density at radius 3 is 2.67 bits per heavy atom. The summed E-state index contributed by atoms with van der Waals surface area (Å²) in [7, 11) is 3.35. The van der Waals surface area contributed by atoms with Gasteiger partial charge in [-0.3, -0.25) is 0 Å². The second kappa shape index (κ2) is 7.77. The van der Waals surface area contributed by atoms with Crippen molar-refractivity contribution >= 4 is 0 Å². The van der Waals surface area contributed by atoms with Crippen molar-refractivity contribution < 1.29 is 9.47 Å². The van der Waals surface area contributed by atoms with E-state index in [-0.39, 0.29) is 6.04 Å². The summed E-state index contributed by atoms with van der Waals surface area (Å²) in [6, 6.07) is 6.18. The molecule has 0 saturated heterocycles. The summed E-state index contributed by atoms with van der Waals surface area (Å²) in [5.41, 5.74) is 1.15. The maximum absolute atomic E-state index is 5.40. The summed E-state index contributed by atoms with van der Waals surface area (Å²) in [4.78, 5) is 0. The summed E-state index contributed by atoms with van der Waals surface area (Å²) in [5, 5.41) is 3.47. The van der Waals surface area contributed by atoms with Gasteiger partial charge in [-0.15, -0.1) is 0 Å². The molecule has 0 saturated carbocycles. The summed E-state index contributed by atoms with van der Waals surface area (Å²) in [5.74, 6) is 1.68. The first-order chi connectivity index (χ1) is 8.72. The van der Waals surface area contributed by atoms with Gasteiger partial charge in [-0.25, -0.2) is 0 Å². The second-order valence-corrected chi connectivity index (χ2v) is 4.14. The van der Waals surface area contributed by atoms with Gasteiger partial charge < -0.3 is 14.8 Å². The Morgan fingerprint density at radius 2 is 2.06 bits per heavy atom. The molecule has 1 aromatic rings. The third-order valence-corrected chi connectivity index (χ3v) is 2.90. The minimum Gasteiger partial charge on any atom is -0.497 e. The molecule has 1 unspecified atom stereocenters. The number of hydrogen-bond acceptors (Lipinski definition) is 3. The van der Waals surface area contributed by atoms with Gasteiger partial charge in [-0.1, -0.05) is 18.2 Å². The molecule has 0 aliphatic carbocycles. The molecule has 100 valence electrons. The highest BCUT2D eigenvalue weighted by molar-refractivity contribution is 5.42. The van der Waals surface area contributed by atoms with Crippen molar-refractivity contribution in [3.63, 3.8) is 0 Å². The molecular formula is C15H23NO2. The van der Waals surface area contributed by atoms with Crippen LogP contribution in [0.15, 0.2) is 30.4 Å². The largest absolute Gasteiger partial charge is 0.497 e. The number of benzene rings is 1. The van der Waals surface area contributed by atoms with E-state index in [1.54, 1.807) is 14.2 Å². The first-order valence-corrected chi connectivity index (χ1v) is 6.29. The van der Waals surface area contributed by atoms with Gasteiger partial charge in [0, 0.05) is 17.7 Å². The highest BCUT2D eigenvalue weighted by atomic mass is 16.5. The van der Waals surface area contributed by atoms with Crippen LogP contribution in [0.25, 0.3) is 0 Å². The fraction of sp³-hybridized carbons (Fsp3) is 0.467. The van der Waals surface area contributed by atoms with Crippen molar-refractivity contribution in [2.24, 2.45) is 0 Å². The van der Waals surface area contributed by atoms with Crippen molar-refractivity contribution in [3.8, 4) is 11.5 Å². The van der Waals surface area contributed by atoms with E-state index in [0.29, 0.717) is 0 Å². The molecule has 18 heavy (non-hydrogen) atoms. The van der Waals surface area contributed by atoms with Crippen LogP contribution in [0.4, 0.5) is 0 Å². The third kappa shape index (κ3) is 4.08. The van der Waals surface area contributed by atoms with E-state index in [1.807, 2.05) is 25.1 Å². The van der Waals surface area contributed by atoms with Gasteiger partial charge in [-0.05, 0) is 32.9 Å². The van der Waals surface area contributed by atoms with Crippen LogP contribution in [0.5, 0.6) is 11.5 Å². The van der Waals surface area contributed by atoms with Crippen LogP contribution >= 0.6 is 0 Å². The lowest BCUT2D eigenvalue weighted by atomic mass is 10.1. The lowest BCUT2D eigenvalue weighted by Gasteiger charge is -2.17. The zero-order valence-corrected chi connectivity index (χ0v) is 11.7. The lowest BCUT2D eigenvalue weighted by molar-refractivity contribution is 0.386. The van der Waals surface area contributed by atoms with E-state index in [1.165, 1.54) is 0 Å². The van der Waals surface area contributed by atoms with Gasteiger partial charge in [0.15, 0.2) is 0 Å². The summed E-state index contributed by atoms with van der Waals surface area (Å²) < 4.78 is 10.6. The molecule has 3 heteroatoms. The number of hydrogen-bond donors (Lipinski definition) is 1. The Bertz CT molecular complexity index is 388. The molecule has 0 heterocycles. The molecule has 0 amide bonds. The van der Waals surface area contributed by atoms with Crippen LogP contribution in [0, 0.1) is 0 Å². The molecule has 3 nitrogen and oxygen atoms in total. The lowest BCUT2D eigenvalue weighted by Crippen LogP contribution is -2.20. The van der Waals surface area contributed by atoms with Gasteiger partial charge in [0.1, 0.15) is 11.5 Å². The molecule has 0 spiro atoms. The monoisotopic (exact) mass is 249 g/mol. The Morgan fingerprint density at radius 1 is 1.28 bits per heavy atom. The molecule has 1 atom stereocenters. The smallest absolute Gasteiger partial charge is 0.127 e. The molecule has 1 N–H and O–H groups in total. The zero-order chi connectivity index (χ0) is 13.4. The van der Waals surface area contributed by atoms with Gasteiger partial charge in [-0.2, -0.15) is 0 Å². The van der Waals surface area contributed by atoms with Crippen molar-refractivity contribution in [3.05, 3.63) is 35.9 Å². The molecule has 0 aromatic heterocycles. The van der Waals surface area contributed by atoms with E-state index in [4.69, 9.17) is 9.47 Å². The Kier molecular flexibility index (Phi) is 6.29. The van der Waals surface area contributed by atoms with Crippen molar-refractivity contribution in [2.45, 2.75) is 26.3 Å². The van der Waals surface area contributed by atoms with E-state index >= 15 is 0 Å². The van der Waals surface area contributed by atoms with Crippen LogP contribution in [-0.4, -0.2) is 20.8 Å². The third-order valence-electron chi connectivity index (χ3n) is 2.90. The SMILES string of the molecule is C/C=C/CCNC(C)c1ccc(OC)cc1OC. The van der Waals surface area contributed by atoms with Crippen molar-refractivity contribution in [1.82, 2.24) is 5.32 Å². The summed E-state index contributed by atoms with van der Waals surface area (Å²) in [6.07, 6.45) is 5.27. The average Bonchev–Trinajstić information content (AvgIpc) is 2.42. The van der Waals surface area contributed by atoms with E-state index in [0.717, 1.165) is 30.0 Å². The standard InChI is InChI=1S/C15H23NO2/c1-5-6-7-10-16-12(2)14-9-8-13(17-3)11-15(14)18-4/h5-6,8-9,11-12,16H,7,10H2,1-4H3/b6-5+. The maximum atomic E-state index is 5.40. The molecule has 1 aromatic carbocycles. The average molecular weight is 249 g/mol. The van der Waals surface area contributed by atoms with Crippen LogP contribution < -0.4 is 14.8 Å². The molecular weight excluding hydrogens is 226 g/mol. The summed E-state index contributed by atoms with van der Waals surface area (Å²) >= 11 is 0. The Hall–Kier alpha value is -1.48. The Labute approximate surface area is 110 Å². The highest BCUT2D eigenvalue weighted by Crippen LogP contribution is 2.29. The Balaban J connectivity index is 2.69. The first kappa shape index (κ1) is 14.6. The number of nitrogens with one attached hydrogen (secondary N) is 1. The molecule has 0 aliphatic rings. The second-order valence-electron chi connectivity index (χ2n) is 4.14. The highest BCUT2D eigenvalue weighted by Gasteiger charge is 2.11. The molecule has 1 rings (SSSR count). The normalized spacial score (nSPS) is 12.7. The molecule has 0 fully saturated rings. The van der Waals surface area contributed by atoms with Crippen LogP contribution in [0.2, 0.25) is 0 Å². The molecule has 0 radical (unpaired) electrons. The van der Waals surface area contributed by atoms with Gasteiger partial charge in [0.25, 0.3) is 0 Å². The maximum Gasteiger partial charge on any atom is 0.127 e. The number of allylic oxidation sites excluding steroid dienone is 1. The van der Waals surface area contributed by atoms with Gasteiger partial charge in [0.2, 0.25) is 0 Å². The minimum absolute atomic E-state index is 0.260.